The zero-order valence-electron chi connectivity index (χ0n) is 22.9. The normalized spacial score (nSPS) is 10.8. The monoisotopic (exact) mass is 581 g/mol. The standard InChI is InChI=1S/C31H33Cl2N3O4/c1-5-7-23-15-22(16-28(39-6-2)31(23)40-19-24-10-11-25(32)17-26(24)33)18-34-36-30(38)13-12-29(37)35-27-14-20(3)8-9-21(27)4/h5,8-11,14-18H,1,6-7,12-13,19H2,2-4H3,(H,35,37)(H,36,38). The Morgan fingerprint density at radius 1 is 0.975 bits per heavy atom. The highest BCUT2D eigenvalue weighted by molar-refractivity contribution is 6.35. The van der Waals surface area contributed by atoms with Crippen LogP contribution in [-0.2, 0) is 22.6 Å². The minimum atomic E-state index is -0.372. The molecule has 7 nitrogen and oxygen atoms in total. The maximum atomic E-state index is 12.3. The Kier molecular flexibility index (Phi) is 11.6. The van der Waals surface area contributed by atoms with Gasteiger partial charge in [0.2, 0.25) is 11.8 Å². The summed E-state index contributed by atoms with van der Waals surface area (Å²) >= 11 is 12.3. The fourth-order valence-electron chi connectivity index (χ4n) is 3.83. The highest BCUT2D eigenvalue weighted by atomic mass is 35.5. The number of anilines is 1. The van der Waals surface area contributed by atoms with Crippen LogP contribution >= 0.6 is 23.2 Å². The second kappa shape index (κ2) is 15.1. The summed E-state index contributed by atoms with van der Waals surface area (Å²) in [6.07, 6.45) is 3.84. The lowest BCUT2D eigenvalue weighted by atomic mass is 10.1. The number of allylic oxidation sites excluding steroid dienone is 1. The molecular formula is C31H33Cl2N3O4. The molecule has 0 heterocycles. The average molecular weight is 583 g/mol. The van der Waals surface area contributed by atoms with Crippen LogP contribution in [0.5, 0.6) is 11.5 Å². The summed E-state index contributed by atoms with van der Waals surface area (Å²) in [5.41, 5.74) is 7.54. The van der Waals surface area contributed by atoms with Crippen molar-refractivity contribution in [2.75, 3.05) is 11.9 Å². The van der Waals surface area contributed by atoms with Crippen LogP contribution in [0.1, 0.15) is 47.6 Å². The van der Waals surface area contributed by atoms with Gasteiger partial charge < -0.3 is 14.8 Å². The van der Waals surface area contributed by atoms with Crippen molar-refractivity contribution < 1.29 is 19.1 Å². The molecule has 0 fully saturated rings. The van der Waals surface area contributed by atoms with Gasteiger partial charge in [0.25, 0.3) is 0 Å². The number of benzene rings is 3. The van der Waals surface area contributed by atoms with E-state index in [4.69, 9.17) is 32.7 Å². The maximum Gasteiger partial charge on any atom is 0.240 e. The third kappa shape index (κ3) is 9.14. The summed E-state index contributed by atoms with van der Waals surface area (Å²) in [7, 11) is 0. The van der Waals surface area contributed by atoms with E-state index in [0.29, 0.717) is 40.1 Å². The molecule has 3 aromatic carbocycles. The lowest BCUT2D eigenvalue weighted by Gasteiger charge is -2.17. The molecule has 210 valence electrons. The van der Waals surface area contributed by atoms with Crippen molar-refractivity contribution in [1.82, 2.24) is 5.43 Å². The Morgan fingerprint density at radius 2 is 1.75 bits per heavy atom. The van der Waals surface area contributed by atoms with Crippen LogP contribution in [0.4, 0.5) is 5.69 Å². The quantitative estimate of drug-likeness (QED) is 0.127. The number of carbonyl (C=O) groups is 2. The third-order valence-corrected chi connectivity index (χ3v) is 6.44. The van der Waals surface area contributed by atoms with E-state index in [1.54, 1.807) is 24.3 Å². The molecule has 0 aliphatic heterocycles. The van der Waals surface area contributed by atoms with Crippen LogP contribution in [-0.4, -0.2) is 24.6 Å². The number of hydrogen-bond acceptors (Lipinski definition) is 5. The number of hydrazone groups is 1. The average Bonchev–Trinajstić information content (AvgIpc) is 2.90. The van der Waals surface area contributed by atoms with E-state index in [-0.39, 0.29) is 31.3 Å². The molecule has 0 saturated carbocycles. The number of nitrogens with zero attached hydrogens (tertiary/aromatic N) is 1. The first kappa shape index (κ1) is 30.7. The first-order valence-electron chi connectivity index (χ1n) is 12.9. The molecule has 2 amide bonds. The molecule has 0 aliphatic carbocycles. The Hall–Kier alpha value is -3.81. The van der Waals surface area contributed by atoms with Crippen molar-refractivity contribution in [3.05, 3.63) is 99.0 Å². The van der Waals surface area contributed by atoms with Crippen molar-refractivity contribution in [3.8, 4) is 11.5 Å². The number of aryl methyl sites for hydroxylation is 2. The summed E-state index contributed by atoms with van der Waals surface area (Å²) in [5, 5.41) is 7.98. The van der Waals surface area contributed by atoms with Crippen LogP contribution in [0.2, 0.25) is 10.0 Å². The van der Waals surface area contributed by atoms with Crippen LogP contribution in [0, 0.1) is 13.8 Å². The van der Waals surface area contributed by atoms with Gasteiger partial charge in [0, 0.05) is 39.7 Å². The van der Waals surface area contributed by atoms with E-state index in [1.165, 1.54) is 6.21 Å². The number of halogens is 2. The van der Waals surface area contributed by atoms with E-state index >= 15 is 0 Å². The smallest absolute Gasteiger partial charge is 0.240 e. The first-order chi connectivity index (χ1) is 19.2. The van der Waals surface area contributed by atoms with Gasteiger partial charge in [-0.05, 0) is 74.2 Å². The molecule has 0 atom stereocenters. The van der Waals surface area contributed by atoms with Gasteiger partial charge in [0.1, 0.15) is 6.61 Å². The van der Waals surface area contributed by atoms with Gasteiger partial charge in [-0.3, -0.25) is 9.59 Å². The number of ether oxygens (including phenoxy) is 2. The SMILES string of the molecule is C=CCc1cc(C=NNC(=O)CCC(=O)Nc2cc(C)ccc2C)cc(OCC)c1OCc1ccc(Cl)cc1Cl. The lowest BCUT2D eigenvalue weighted by Crippen LogP contribution is -2.21. The summed E-state index contributed by atoms with van der Waals surface area (Å²) in [6.45, 7) is 10.2. The van der Waals surface area contributed by atoms with Crippen LogP contribution in [0.3, 0.4) is 0 Å². The van der Waals surface area contributed by atoms with E-state index in [1.807, 2.05) is 51.1 Å². The Labute approximate surface area is 245 Å². The molecular weight excluding hydrogens is 549 g/mol. The maximum absolute atomic E-state index is 12.3. The molecule has 0 saturated heterocycles. The highest BCUT2D eigenvalue weighted by Crippen LogP contribution is 2.35. The van der Waals surface area contributed by atoms with Gasteiger partial charge in [0.15, 0.2) is 11.5 Å². The summed E-state index contributed by atoms with van der Waals surface area (Å²) < 4.78 is 12.0. The van der Waals surface area contributed by atoms with Crippen molar-refractivity contribution in [2.45, 2.75) is 46.6 Å². The van der Waals surface area contributed by atoms with Gasteiger partial charge in [0.05, 0.1) is 12.8 Å². The molecule has 40 heavy (non-hydrogen) atoms. The van der Waals surface area contributed by atoms with Gasteiger partial charge in [-0.1, -0.05) is 47.5 Å². The molecule has 0 spiro atoms. The molecule has 0 radical (unpaired) electrons. The lowest BCUT2D eigenvalue weighted by molar-refractivity contribution is -0.124. The molecule has 2 N–H and O–H groups in total. The summed E-state index contributed by atoms with van der Waals surface area (Å²) in [4.78, 5) is 24.6. The summed E-state index contributed by atoms with van der Waals surface area (Å²) in [5.74, 6) is 0.494. The fourth-order valence-corrected chi connectivity index (χ4v) is 4.29. The van der Waals surface area contributed by atoms with E-state index < -0.39 is 0 Å². The summed E-state index contributed by atoms with van der Waals surface area (Å²) in [6, 6.07) is 14.7. The second-order valence-corrected chi connectivity index (χ2v) is 9.96. The second-order valence-electron chi connectivity index (χ2n) is 9.12. The fraction of sp³-hybridized carbons (Fsp3) is 0.258. The van der Waals surface area contributed by atoms with Crippen molar-refractivity contribution >= 4 is 46.9 Å². The van der Waals surface area contributed by atoms with Crippen LogP contribution in [0.25, 0.3) is 0 Å². The molecule has 0 aliphatic rings. The zero-order valence-corrected chi connectivity index (χ0v) is 24.4. The van der Waals surface area contributed by atoms with Gasteiger partial charge in [-0.15, -0.1) is 6.58 Å². The van der Waals surface area contributed by atoms with Gasteiger partial charge in [-0.2, -0.15) is 5.10 Å². The topological polar surface area (TPSA) is 89.0 Å². The van der Waals surface area contributed by atoms with Crippen molar-refractivity contribution in [3.63, 3.8) is 0 Å². The number of carbonyl (C=O) groups excluding carboxylic acids is 2. The van der Waals surface area contributed by atoms with E-state index in [2.05, 4.69) is 22.4 Å². The van der Waals surface area contributed by atoms with Crippen molar-refractivity contribution in [2.24, 2.45) is 5.10 Å². The van der Waals surface area contributed by atoms with E-state index in [0.717, 1.165) is 27.9 Å². The first-order valence-corrected chi connectivity index (χ1v) is 13.6. The number of rotatable bonds is 13. The predicted molar refractivity (Wildman–Crippen MR) is 162 cm³/mol. The third-order valence-electron chi connectivity index (χ3n) is 5.85. The zero-order chi connectivity index (χ0) is 29.1. The number of amides is 2. The van der Waals surface area contributed by atoms with E-state index in [9.17, 15) is 9.59 Å². The van der Waals surface area contributed by atoms with Gasteiger partial charge >= 0.3 is 0 Å². The highest BCUT2D eigenvalue weighted by Gasteiger charge is 2.15. The van der Waals surface area contributed by atoms with Crippen LogP contribution in [0.15, 0.2) is 66.3 Å². The number of hydrogen-bond donors (Lipinski definition) is 2. The molecule has 0 bridgehead atoms. The molecule has 0 unspecified atom stereocenters. The Bertz CT molecular complexity index is 1410. The largest absolute Gasteiger partial charge is 0.490 e. The molecule has 0 aromatic heterocycles. The van der Waals surface area contributed by atoms with Crippen molar-refractivity contribution in [1.29, 1.82) is 0 Å². The predicted octanol–water partition coefficient (Wildman–Crippen LogP) is 7.19. The number of nitrogens with one attached hydrogen (secondary N) is 2. The Morgan fingerprint density at radius 3 is 2.48 bits per heavy atom. The molecule has 9 heteroatoms. The van der Waals surface area contributed by atoms with Gasteiger partial charge in [-0.25, -0.2) is 5.43 Å². The molecule has 3 aromatic rings. The minimum absolute atomic E-state index is 0.0000177. The Balaban J connectivity index is 1.64. The van der Waals surface area contributed by atoms with Crippen LogP contribution < -0.4 is 20.2 Å². The minimum Gasteiger partial charge on any atom is -0.490 e. The molecule has 3 rings (SSSR count).